The maximum Gasteiger partial charge on any atom is 0.211 e. The van der Waals surface area contributed by atoms with Gasteiger partial charge in [0.2, 0.25) is 6.41 Å². The van der Waals surface area contributed by atoms with Gasteiger partial charge >= 0.3 is 0 Å². The maximum atomic E-state index is 10.1. The third kappa shape index (κ3) is 1.82. The molecule has 0 radical (unpaired) electrons. The number of hydrogen-bond acceptors (Lipinski definition) is 3. The van der Waals surface area contributed by atoms with Gasteiger partial charge in [0.15, 0.2) is 0 Å². The summed E-state index contributed by atoms with van der Waals surface area (Å²) >= 11 is 0. The van der Waals surface area contributed by atoms with E-state index in [2.05, 4.69) is 5.32 Å². The van der Waals surface area contributed by atoms with Gasteiger partial charge < -0.3 is 5.32 Å². The van der Waals surface area contributed by atoms with Gasteiger partial charge in [-0.3, -0.25) is 4.79 Å². The Labute approximate surface area is 75.0 Å². The van der Waals surface area contributed by atoms with Crippen LogP contribution in [0.5, 0.6) is 0 Å². The summed E-state index contributed by atoms with van der Waals surface area (Å²) in [5, 5.41) is 19.6. The first-order valence-corrected chi connectivity index (χ1v) is 3.46. The van der Waals surface area contributed by atoms with Crippen LogP contribution in [-0.4, -0.2) is 6.41 Å². The molecule has 0 unspecified atom stereocenters. The zero-order valence-electron chi connectivity index (χ0n) is 6.61. The van der Waals surface area contributed by atoms with E-state index in [1.165, 1.54) is 12.1 Å². The van der Waals surface area contributed by atoms with Gasteiger partial charge in [0.1, 0.15) is 12.1 Å². The molecule has 0 aromatic heterocycles. The summed E-state index contributed by atoms with van der Waals surface area (Å²) in [5.41, 5.74) is 1.07. The minimum atomic E-state index is 0.259. The molecular weight excluding hydrogens is 166 g/mol. The van der Waals surface area contributed by atoms with Crippen molar-refractivity contribution in [3.63, 3.8) is 0 Å². The van der Waals surface area contributed by atoms with E-state index in [0.717, 1.165) is 0 Å². The summed E-state index contributed by atoms with van der Waals surface area (Å²) in [7, 11) is 0. The van der Waals surface area contributed by atoms with E-state index in [4.69, 9.17) is 10.5 Å². The lowest BCUT2D eigenvalue weighted by Crippen LogP contribution is -1.94. The van der Waals surface area contributed by atoms with Crippen LogP contribution in [0.25, 0.3) is 0 Å². The van der Waals surface area contributed by atoms with E-state index in [0.29, 0.717) is 17.7 Å². The lowest BCUT2D eigenvalue weighted by atomic mass is 10.1. The SMILES string of the molecule is N#Cc1ccc(NC=O)cc1C#N. The Morgan fingerprint density at radius 2 is 1.92 bits per heavy atom. The number of anilines is 1. The molecule has 1 aromatic carbocycles. The van der Waals surface area contributed by atoms with Crippen LogP contribution in [0.15, 0.2) is 18.2 Å². The van der Waals surface area contributed by atoms with Crippen molar-refractivity contribution in [3.05, 3.63) is 29.3 Å². The van der Waals surface area contributed by atoms with Gasteiger partial charge in [-0.2, -0.15) is 10.5 Å². The highest BCUT2D eigenvalue weighted by Gasteiger charge is 2.01. The van der Waals surface area contributed by atoms with E-state index in [-0.39, 0.29) is 5.56 Å². The first kappa shape index (κ1) is 8.76. The molecule has 0 spiro atoms. The maximum absolute atomic E-state index is 10.1. The van der Waals surface area contributed by atoms with Crippen LogP contribution in [0.4, 0.5) is 5.69 Å². The van der Waals surface area contributed by atoms with Crippen molar-refractivity contribution in [3.8, 4) is 12.1 Å². The Balaban J connectivity index is 3.16. The largest absolute Gasteiger partial charge is 0.329 e. The highest BCUT2D eigenvalue weighted by atomic mass is 16.1. The molecule has 0 saturated heterocycles. The van der Waals surface area contributed by atoms with Gasteiger partial charge in [0, 0.05) is 5.69 Å². The van der Waals surface area contributed by atoms with Crippen molar-refractivity contribution < 1.29 is 4.79 Å². The number of nitriles is 2. The molecule has 1 aromatic rings. The van der Waals surface area contributed by atoms with E-state index in [1.54, 1.807) is 6.07 Å². The van der Waals surface area contributed by atoms with Crippen molar-refractivity contribution in [2.45, 2.75) is 0 Å². The van der Waals surface area contributed by atoms with Crippen molar-refractivity contribution in [1.82, 2.24) is 0 Å². The predicted octanol–water partition coefficient (Wildman–Crippen LogP) is 0.998. The molecule has 0 heterocycles. The van der Waals surface area contributed by atoms with Gasteiger partial charge in [-0.15, -0.1) is 0 Å². The molecule has 0 aliphatic heterocycles. The molecule has 0 aliphatic carbocycles. The van der Waals surface area contributed by atoms with Gasteiger partial charge in [-0.1, -0.05) is 0 Å². The van der Waals surface area contributed by atoms with Gasteiger partial charge in [0.05, 0.1) is 11.1 Å². The molecule has 1 rings (SSSR count). The van der Waals surface area contributed by atoms with Gasteiger partial charge in [0.25, 0.3) is 0 Å². The number of nitrogens with zero attached hydrogens (tertiary/aromatic N) is 2. The summed E-state index contributed by atoms with van der Waals surface area (Å²) in [6.45, 7) is 0. The number of rotatable bonds is 2. The number of nitrogens with one attached hydrogen (secondary N) is 1. The highest BCUT2D eigenvalue weighted by Crippen LogP contribution is 2.13. The smallest absolute Gasteiger partial charge is 0.211 e. The molecule has 0 aliphatic rings. The molecule has 0 saturated carbocycles. The normalized spacial score (nSPS) is 8.15. The summed E-state index contributed by atoms with van der Waals surface area (Å²) in [4.78, 5) is 10.1. The number of carbonyl (C=O) groups is 1. The van der Waals surface area contributed by atoms with Crippen LogP contribution < -0.4 is 5.32 Å². The summed E-state index contributed by atoms with van der Waals surface area (Å²) in [5.74, 6) is 0. The fourth-order valence-corrected chi connectivity index (χ4v) is 0.892. The Hall–Kier alpha value is -2.33. The molecule has 0 fully saturated rings. The average Bonchev–Trinajstić information content (AvgIpc) is 2.18. The highest BCUT2D eigenvalue weighted by molar-refractivity contribution is 5.72. The van der Waals surface area contributed by atoms with Crippen molar-refractivity contribution in [1.29, 1.82) is 10.5 Å². The van der Waals surface area contributed by atoms with Crippen LogP contribution in [0.3, 0.4) is 0 Å². The second kappa shape index (κ2) is 3.89. The van der Waals surface area contributed by atoms with Crippen LogP contribution in [0.1, 0.15) is 11.1 Å². The monoisotopic (exact) mass is 171 g/mol. The number of amides is 1. The third-order valence-electron chi connectivity index (χ3n) is 1.49. The van der Waals surface area contributed by atoms with E-state index >= 15 is 0 Å². The predicted molar refractivity (Wildman–Crippen MR) is 45.6 cm³/mol. The molecule has 0 atom stereocenters. The summed E-state index contributed by atoms with van der Waals surface area (Å²) in [6, 6.07) is 8.25. The van der Waals surface area contributed by atoms with Crippen LogP contribution in [-0.2, 0) is 4.79 Å². The number of carbonyl (C=O) groups excluding carboxylic acids is 1. The van der Waals surface area contributed by atoms with E-state index in [1.807, 2.05) is 12.1 Å². The fourth-order valence-electron chi connectivity index (χ4n) is 0.892. The first-order chi connectivity index (χ1) is 6.31. The zero-order valence-corrected chi connectivity index (χ0v) is 6.61. The molecule has 4 nitrogen and oxygen atoms in total. The van der Waals surface area contributed by atoms with Crippen molar-refractivity contribution >= 4 is 12.1 Å². The minimum absolute atomic E-state index is 0.259. The van der Waals surface area contributed by atoms with Crippen LogP contribution in [0.2, 0.25) is 0 Å². The second-order valence-corrected chi connectivity index (χ2v) is 2.25. The number of benzene rings is 1. The topological polar surface area (TPSA) is 76.7 Å². The Bertz CT molecular complexity index is 412. The van der Waals surface area contributed by atoms with E-state index in [9.17, 15) is 4.79 Å². The average molecular weight is 171 g/mol. The lowest BCUT2D eigenvalue weighted by molar-refractivity contribution is -0.105. The Kier molecular flexibility index (Phi) is 2.62. The minimum Gasteiger partial charge on any atom is -0.329 e. The molecule has 0 bridgehead atoms. The summed E-state index contributed by atoms with van der Waals surface area (Å²) in [6.07, 6.45) is 0.516. The summed E-state index contributed by atoms with van der Waals surface area (Å²) < 4.78 is 0. The third-order valence-corrected chi connectivity index (χ3v) is 1.49. The van der Waals surface area contributed by atoms with Gasteiger partial charge in [-0.25, -0.2) is 0 Å². The lowest BCUT2D eigenvalue weighted by Gasteiger charge is -1.99. The number of hydrogen-bond donors (Lipinski definition) is 1. The van der Waals surface area contributed by atoms with Crippen LogP contribution >= 0.6 is 0 Å². The van der Waals surface area contributed by atoms with Crippen molar-refractivity contribution in [2.75, 3.05) is 5.32 Å². The first-order valence-electron chi connectivity index (χ1n) is 3.46. The zero-order chi connectivity index (χ0) is 9.68. The Morgan fingerprint density at radius 3 is 2.46 bits per heavy atom. The fraction of sp³-hybridized carbons (Fsp3) is 0. The quantitative estimate of drug-likeness (QED) is 0.674. The van der Waals surface area contributed by atoms with Crippen LogP contribution in [0, 0.1) is 22.7 Å². The molecule has 4 heteroatoms. The Morgan fingerprint density at radius 1 is 1.23 bits per heavy atom. The molecule has 62 valence electrons. The molecule has 1 amide bonds. The molecule has 13 heavy (non-hydrogen) atoms. The van der Waals surface area contributed by atoms with Gasteiger partial charge in [-0.05, 0) is 18.2 Å². The molecular formula is C9H5N3O. The molecule has 1 N–H and O–H groups in total. The van der Waals surface area contributed by atoms with E-state index < -0.39 is 0 Å². The standard InChI is InChI=1S/C9H5N3O/c10-4-7-1-2-9(12-6-13)3-8(7)5-11/h1-3,6H,(H,12,13). The van der Waals surface area contributed by atoms with Crippen molar-refractivity contribution in [2.24, 2.45) is 0 Å². The second-order valence-electron chi connectivity index (χ2n) is 2.25.